The van der Waals surface area contributed by atoms with Crippen molar-refractivity contribution < 1.29 is 24.5 Å². The molecule has 0 bridgehead atoms. The maximum atomic E-state index is 13.2. The topological polar surface area (TPSA) is 95.9 Å². The number of nitrogens with one attached hydrogen (secondary N) is 1. The SMILES string of the molecule is CCCCC/C=C\C/C=C\C/C=C\CCCCCCC(=O)OC(CCCCCCCCCCCC)CC(=O)NC(CO)C(O)CCCCCCCCCCCCCCC. The smallest absolute Gasteiger partial charge is 0.306 e. The number of aliphatic hydroxyl groups is 2. The zero-order valence-electron chi connectivity index (χ0n) is 39.4. The van der Waals surface area contributed by atoms with Crippen molar-refractivity contribution in [2.24, 2.45) is 0 Å². The lowest BCUT2D eigenvalue weighted by Gasteiger charge is -2.24. The summed E-state index contributed by atoms with van der Waals surface area (Å²) in [5, 5.41) is 23.7. The summed E-state index contributed by atoms with van der Waals surface area (Å²) in [6.45, 7) is 6.45. The van der Waals surface area contributed by atoms with Gasteiger partial charge in [-0.05, 0) is 64.2 Å². The van der Waals surface area contributed by atoms with Gasteiger partial charge in [0.05, 0.1) is 25.2 Å². The Kier molecular flexibility index (Phi) is 45.6. The Morgan fingerprint density at radius 1 is 0.492 bits per heavy atom. The molecule has 6 nitrogen and oxygen atoms in total. The number of ether oxygens (including phenoxy) is 1. The highest BCUT2D eigenvalue weighted by Gasteiger charge is 2.24. The maximum absolute atomic E-state index is 13.2. The molecule has 0 saturated heterocycles. The Labute approximate surface area is 366 Å². The van der Waals surface area contributed by atoms with Crippen LogP contribution in [0.1, 0.15) is 265 Å². The van der Waals surface area contributed by atoms with Crippen LogP contribution in [0.2, 0.25) is 0 Å². The molecular weight excluding hydrogens is 731 g/mol. The molecule has 0 aromatic rings. The summed E-state index contributed by atoms with van der Waals surface area (Å²) in [7, 11) is 0. The summed E-state index contributed by atoms with van der Waals surface area (Å²) in [5.74, 6) is -0.491. The van der Waals surface area contributed by atoms with Gasteiger partial charge in [0.25, 0.3) is 0 Å². The molecule has 0 radical (unpaired) electrons. The zero-order chi connectivity index (χ0) is 43.1. The number of esters is 1. The Morgan fingerprint density at radius 2 is 0.864 bits per heavy atom. The van der Waals surface area contributed by atoms with Crippen LogP contribution in [-0.4, -0.2) is 46.9 Å². The molecule has 3 unspecified atom stereocenters. The van der Waals surface area contributed by atoms with Gasteiger partial charge in [-0.25, -0.2) is 0 Å². The number of aliphatic hydroxyl groups excluding tert-OH is 2. The van der Waals surface area contributed by atoms with Crippen LogP contribution in [0, 0.1) is 0 Å². The number of carbonyl (C=O) groups is 2. The number of allylic oxidation sites excluding steroid dienone is 6. The number of amides is 1. The molecule has 0 rings (SSSR count). The fourth-order valence-corrected chi connectivity index (χ4v) is 7.79. The second-order valence-electron chi connectivity index (χ2n) is 17.6. The summed E-state index contributed by atoms with van der Waals surface area (Å²) < 4.78 is 5.91. The third kappa shape index (κ3) is 42.6. The van der Waals surface area contributed by atoms with Crippen molar-refractivity contribution in [1.82, 2.24) is 5.32 Å². The lowest BCUT2D eigenvalue weighted by atomic mass is 10.0. The van der Waals surface area contributed by atoms with E-state index < -0.39 is 18.2 Å². The number of unbranched alkanes of at least 4 members (excludes halogenated alkanes) is 28. The highest BCUT2D eigenvalue weighted by atomic mass is 16.5. The molecule has 346 valence electrons. The lowest BCUT2D eigenvalue weighted by molar-refractivity contribution is -0.151. The minimum absolute atomic E-state index is 0.0718. The van der Waals surface area contributed by atoms with E-state index in [0.29, 0.717) is 19.3 Å². The van der Waals surface area contributed by atoms with Gasteiger partial charge in [0.2, 0.25) is 5.91 Å². The summed E-state index contributed by atoms with van der Waals surface area (Å²) in [6, 6.07) is -0.702. The normalized spacial score (nSPS) is 13.5. The third-order valence-corrected chi connectivity index (χ3v) is 11.7. The summed E-state index contributed by atoms with van der Waals surface area (Å²) in [6.07, 6.45) is 54.8. The van der Waals surface area contributed by atoms with Crippen molar-refractivity contribution in [2.75, 3.05) is 6.61 Å². The second-order valence-corrected chi connectivity index (χ2v) is 17.6. The van der Waals surface area contributed by atoms with Gasteiger partial charge in [-0.3, -0.25) is 9.59 Å². The van der Waals surface area contributed by atoms with Crippen molar-refractivity contribution in [1.29, 1.82) is 0 Å². The van der Waals surface area contributed by atoms with E-state index in [-0.39, 0.29) is 24.9 Å². The molecule has 0 aliphatic carbocycles. The Bertz CT molecular complexity index is 977. The average Bonchev–Trinajstić information content (AvgIpc) is 3.23. The highest BCUT2D eigenvalue weighted by molar-refractivity contribution is 5.77. The standard InChI is InChI=1S/C53H99NO5/c1-4-7-10-13-16-19-22-24-25-26-27-29-31-34-37-40-43-46-53(58)59-49(44-41-38-35-32-21-18-15-12-9-6-3)47-52(57)54-50(48-55)51(56)45-42-39-36-33-30-28-23-20-17-14-11-8-5-2/h16,19,24-25,27,29,49-51,55-56H,4-15,17-18,20-23,26,28,30-48H2,1-3H3,(H,54,57)/b19-16-,25-24-,29-27-. The van der Waals surface area contributed by atoms with E-state index in [1.807, 2.05) is 0 Å². The molecule has 3 atom stereocenters. The predicted octanol–water partition coefficient (Wildman–Crippen LogP) is 15.3. The fraction of sp³-hybridized carbons (Fsp3) is 0.849. The van der Waals surface area contributed by atoms with Gasteiger partial charge in [0.1, 0.15) is 6.10 Å². The fourth-order valence-electron chi connectivity index (χ4n) is 7.79. The molecule has 0 aromatic carbocycles. The molecule has 3 N–H and O–H groups in total. The summed E-state index contributed by atoms with van der Waals surface area (Å²) in [4.78, 5) is 26.1. The Hall–Kier alpha value is -1.92. The number of rotatable bonds is 46. The first-order valence-corrected chi connectivity index (χ1v) is 25.7. The number of hydrogen-bond donors (Lipinski definition) is 3. The monoisotopic (exact) mass is 830 g/mol. The largest absolute Gasteiger partial charge is 0.462 e. The van der Waals surface area contributed by atoms with Crippen molar-refractivity contribution in [3.8, 4) is 0 Å². The van der Waals surface area contributed by atoms with Crippen LogP contribution >= 0.6 is 0 Å². The summed E-state index contributed by atoms with van der Waals surface area (Å²) >= 11 is 0. The van der Waals surface area contributed by atoms with Crippen LogP contribution in [0.5, 0.6) is 0 Å². The predicted molar refractivity (Wildman–Crippen MR) is 255 cm³/mol. The maximum Gasteiger partial charge on any atom is 0.306 e. The van der Waals surface area contributed by atoms with E-state index in [4.69, 9.17) is 4.74 Å². The van der Waals surface area contributed by atoms with Gasteiger partial charge < -0.3 is 20.3 Å². The third-order valence-electron chi connectivity index (χ3n) is 11.7. The minimum atomic E-state index is -0.788. The molecule has 1 amide bonds. The first kappa shape index (κ1) is 57.1. The van der Waals surface area contributed by atoms with Gasteiger partial charge in [0.15, 0.2) is 0 Å². The van der Waals surface area contributed by atoms with E-state index in [1.54, 1.807) is 0 Å². The van der Waals surface area contributed by atoms with Crippen LogP contribution < -0.4 is 5.32 Å². The molecular formula is C53H99NO5. The average molecular weight is 830 g/mol. The van der Waals surface area contributed by atoms with Gasteiger partial charge in [-0.15, -0.1) is 0 Å². The van der Waals surface area contributed by atoms with Gasteiger partial charge in [-0.2, -0.15) is 0 Å². The molecule has 59 heavy (non-hydrogen) atoms. The molecule has 0 fully saturated rings. The molecule has 0 heterocycles. The first-order chi connectivity index (χ1) is 29.0. The Morgan fingerprint density at radius 3 is 1.34 bits per heavy atom. The van der Waals surface area contributed by atoms with Gasteiger partial charge in [-0.1, -0.05) is 224 Å². The molecule has 0 saturated carbocycles. The number of carbonyl (C=O) groups excluding carboxylic acids is 2. The van der Waals surface area contributed by atoms with Crippen LogP contribution in [0.15, 0.2) is 36.5 Å². The van der Waals surface area contributed by atoms with E-state index in [0.717, 1.165) is 70.6 Å². The molecule has 0 spiro atoms. The summed E-state index contributed by atoms with van der Waals surface area (Å²) in [5.41, 5.74) is 0. The quantitative estimate of drug-likeness (QED) is 0.0323. The van der Waals surface area contributed by atoms with Crippen LogP contribution in [0.4, 0.5) is 0 Å². The molecule has 0 aliphatic rings. The minimum Gasteiger partial charge on any atom is -0.462 e. The van der Waals surface area contributed by atoms with Crippen molar-refractivity contribution >= 4 is 11.9 Å². The van der Waals surface area contributed by atoms with Crippen molar-refractivity contribution in [2.45, 2.75) is 283 Å². The first-order valence-electron chi connectivity index (χ1n) is 25.7. The van der Waals surface area contributed by atoms with E-state index in [2.05, 4.69) is 62.5 Å². The molecule has 6 heteroatoms. The van der Waals surface area contributed by atoms with Gasteiger partial charge >= 0.3 is 5.97 Å². The van der Waals surface area contributed by atoms with E-state index in [1.165, 1.54) is 148 Å². The van der Waals surface area contributed by atoms with Gasteiger partial charge in [0, 0.05) is 6.42 Å². The number of hydrogen-bond acceptors (Lipinski definition) is 5. The molecule has 0 aliphatic heterocycles. The highest BCUT2D eigenvalue weighted by Crippen LogP contribution is 2.18. The van der Waals surface area contributed by atoms with E-state index >= 15 is 0 Å². The van der Waals surface area contributed by atoms with Crippen LogP contribution in [0.25, 0.3) is 0 Å². The van der Waals surface area contributed by atoms with Crippen molar-refractivity contribution in [3.63, 3.8) is 0 Å². The Balaban J connectivity index is 4.52. The van der Waals surface area contributed by atoms with Crippen LogP contribution in [-0.2, 0) is 14.3 Å². The zero-order valence-corrected chi connectivity index (χ0v) is 39.4. The van der Waals surface area contributed by atoms with Crippen LogP contribution in [0.3, 0.4) is 0 Å². The van der Waals surface area contributed by atoms with Crippen molar-refractivity contribution in [3.05, 3.63) is 36.5 Å². The molecule has 0 aromatic heterocycles. The lowest BCUT2D eigenvalue weighted by Crippen LogP contribution is -2.46. The second kappa shape index (κ2) is 47.1. The van der Waals surface area contributed by atoms with E-state index in [9.17, 15) is 19.8 Å².